The third-order valence-electron chi connectivity index (χ3n) is 1.95. The van der Waals surface area contributed by atoms with E-state index in [1.54, 1.807) is 45.0 Å². The molecule has 0 radical (unpaired) electrons. The van der Waals surface area contributed by atoms with Crippen molar-refractivity contribution < 1.29 is 8.22 Å². The monoisotopic (exact) mass is 198 g/mol. The van der Waals surface area contributed by atoms with E-state index in [1.807, 2.05) is 0 Å². The van der Waals surface area contributed by atoms with Crippen molar-refractivity contribution in [2.75, 3.05) is 24.2 Å². The molecule has 0 aromatic heterocycles. The first-order chi connectivity index (χ1) is 8.82. The van der Waals surface area contributed by atoms with Gasteiger partial charge in [-0.25, -0.2) is 0 Å². The molecule has 1 aromatic rings. The lowest BCUT2D eigenvalue weighted by Crippen LogP contribution is -2.38. The minimum absolute atomic E-state index is 0.276. The first-order valence-electron chi connectivity index (χ1n) is 7.50. The lowest BCUT2D eigenvalue weighted by molar-refractivity contribution is 0.539. The number of hydrogen-bond acceptors (Lipinski definition) is 2. The highest BCUT2D eigenvalue weighted by Crippen LogP contribution is 2.28. The lowest BCUT2D eigenvalue weighted by atomic mass is 10.1. The van der Waals surface area contributed by atoms with Crippen molar-refractivity contribution in [1.29, 1.82) is 0 Å². The third kappa shape index (κ3) is 2.19. The van der Waals surface area contributed by atoms with Crippen molar-refractivity contribution >= 4 is 11.4 Å². The van der Waals surface area contributed by atoms with Crippen molar-refractivity contribution in [1.82, 2.24) is 0 Å². The average molecular weight is 198 g/mol. The minimum atomic E-state index is -2.38. The molecule has 0 atom stereocenters. The second-order valence-corrected chi connectivity index (χ2v) is 4.15. The summed E-state index contributed by atoms with van der Waals surface area (Å²) in [6, 6.07) is 6.51. The maximum atomic E-state index is 7.70. The van der Waals surface area contributed by atoms with Gasteiger partial charge in [-0.05, 0) is 32.9 Å². The van der Waals surface area contributed by atoms with E-state index in [0.717, 1.165) is 0 Å². The Balaban J connectivity index is 3.35. The van der Waals surface area contributed by atoms with Crippen LogP contribution in [0.4, 0.5) is 11.4 Å². The lowest BCUT2D eigenvalue weighted by Gasteiger charge is -2.35. The summed E-state index contributed by atoms with van der Waals surface area (Å²) in [5.74, 6) is 0. The number of nitrogens with zero attached hydrogens (tertiary/aromatic N) is 1. The third-order valence-corrected chi connectivity index (χ3v) is 1.95. The predicted octanol–water partition coefficient (Wildman–Crippen LogP) is 2.96. The van der Waals surface area contributed by atoms with Crippen LogP contribution in [-0.2, 0) is 0 Å². The van der Waals surface area contributed by atoms with Crippen molar-refractivity contribution in [3.05, 3.63) is 24.3 Å². The Hall–Kier alpha value is -1.18. The van der Waals surface area contributed by atoms with E-state index < -0.39 is 19.5 Å². The smallest absolute Gasteiger partial charge is 0.0603 e. The molecule has 0 heterocycles. The van der Waals surface area contributed by atoms with Crippen molar-refractivity contribution in [2.45, 2.75) is 26.3 Å². The van der Waals surface area contributed by atoms with E-state index in [9.17, 15) is 0 Å². The molecule has 1 aromatic carbocycles. The molecule has 0 saturated heterocycles. The molecule has 2 nitrogen and oxygen atoms in total. The van der Waals surface area contributed by atoms with Crippen LogP contribution in [0.1, 0.15) is 29.0 Å². The van der Waals surface area contributed by atoms with E-state index in [-0.39, 0.29) is 5.69 Å². The Bertz CT molecular complexity index is 444. The van der Waals surface area contributed by atoms with Crippen LogP contribution in [0.25, 0.3) is 0 Å². The van der Waals surface area contributed by atoms with Gasteiger partial charge in [-0.3, -0.25) is 0 Å². The number of anilines is 2. The Labute approximate surface area is 95.4 Å². The zero-order valence-electron chi connectivity index (χ0n) is 14.8. The van der Waals surface area contributed by atoms with Crippen LogP contribution in [0.3, 0.4) is 0 Å². The number of hydrogen-bond donors (Lipinski definition) is 1. The number of para-hydroxylation sites is 2. The van der Waals surface area contributed by atoms with Gasteiger partial charge in [0.1, 0.15) is 0 Å². The minimum Gasteiger partial charge on any atom is -0.386 e. The zero-order chi connectivity index (χ0) is 15.8. The largest absolute Gasteiger partial charge is 0.386 e. The summed E-state index contributed by atoms with van der Waals surface area (Å²) in [5.41, 5.74) is -0.0627. The van der Waals surface area contributed by atoms with Gasteiger partial charge < -0.3 is 10.2 Å². The van der Waals surface area contributed by atoms with Gasteiger partial charge in [-0.1, -0.05) is 12.1 Å². The van der Waals surface area contributed by atoms with Gasteiger partial charge in [0.15, 0.2) is 0 Å². The number of rotatable bonds is 2. The Morgan fingerprint density at radius 1 is 1.29 bits per heavy atom. The molecule has 0 aliphatic carbocycles. The topological polar surface area (TPSA) is 15.3 Å². The van der Waals surface area contributed by atoms with Crippen molar-refractivity contribution in [3.63, 3.8) is 0 Å². The summed E-state index contributed by atoms with van der Waals surface area (Å²) < 4.78 is 44.9. The van der Waals surface area contributed by atoms with Gasteiger partial charge >= 0.3 is 0 Å². The van der Waals surface area contributed by atoms with Gasteiger partial charge in [0.2, 0.25) is 0 Å². The molecule has 0 spiro atoms. The van der Waals surface area contributed by atoms with Crippen LogP contribution in [0, 0.1) is 0 Å². The molecule has 1 N–H and O–H groups in total. The average Bonchev–Trinajstić information content (AvgIpc) is 2.14. The van der Waals surface area contributed by atoms with Crippen LogP contribution in [0.5, 0.6) is 0 Å². The molecule has 0 aliphatic rings. The molecule has 0 amide bonds. The molecule has 1 rings (SSSR count). The molecule has 0 saturated carbocycles. The predicted molar refractivity (Wildman–Crippen MR) is 64.1 cm³/mol. The molecule has 0 bridgehead atoms. The number of nitrogens with one attached hydrogen (secondary N) is 1. The van der Waals surface area contributed by atoms with Crippen LogP contribution in [-0.4, -0.2) is 19.5 Å². The summed E-state index contributed by atoms with van der Waals surface area (Å²) in [7, 11) is 0. The van der Waals surface area contributed by atoms with Crippen LogP contribution in [0.15, 0.2) is 24.3 Å². The van der Waals surface area contributed by atoms with E-state index in [1.165, 1.54) is 4.90 Å². The molecule has 0 aliphatic heterocycles. The first kappa shape index (κ1) is 5.06. The van der Waals surface area contributed by atoms with Gasteiger partial charge in [-0.2, -0.15) is 0 Å². The van der Waals surface area contributed by atoms with E-state index in [0.29, 0.717) is 5.69 Å². The molecule has 0 fully saturated rings. The van der Waals surface area contributed by atoms with Gasteiger partial charge in [0.05, 0.1) is 11.4 Å². The Morgan fingerprint density at radius 3 is 2.57 bits per heavy atom. The summed E-state index contributed by atoms with van der Waals surface area (Å²) in [4.78, 5) is 1.24. The first-order valence-corrected chi connectivity index (χ1v) is 4.50. The van der Waals surface area contributed by atoms with Crippen LogP contribution >= 0.6 is 0 Å². The summed E-state index contributed by atoms with van der Waals surface area (Å²) in [6.07, 6.45) is 0. The Kier molecular flexibility index (Phi) is 1.41. The second kappa shape index (κ2) is 3.91. The molecule has 0 unspecified atom stereocenters. The highest BCUT2D eigenvalue weighted by Gasteiger charge is 2.18. The molecule has 14 heavy (non-hydrogen) atoms. The molecular weight excluding hydrogens is 172 g/mol. The highest BCUT2D eigenvalue weighted by atomic mass is 15.2. The quantitative estimate of drug-likeness (QED) is 0.786. The highest BCUT2D eigenvalue weighted by molar-refractivity contribution is 5.70. The van der Waals surface area contributed by atoms with Crippen molar-refractivity contribution in [3.8, 4) is 0 Å². The second-order valence-electron chi connectivity index (χ2n) is 4.15. The molecule has 78 valence electrons. The van der Waals surface area contributed by atoms with E-state index in [4.69, 9.17) is 8.22 Å². The Morgan fingerprint density at radius 2 is 2.00 bits per heavy atom. The maximum absolute atomic E-state index is 7.70. The van der Waals surface area contributed by atoms with Gasteiger partial charge in [0.25, 0.3) is 0 Å². The fourth-order valence-electron chi connectivity index (χ4n) is 1.14. The summed E-state index contributed by atoms with van der Waals surface area (Å²) >= 11 is 0. The number of benzene rings is 1. The summed E-state index contributed by atoms with van der Waals surface area (Å²) in [5, 5.41) is 2.38. The van der Waals surface area contributed by atoms with Gasteiger partial charge in [0, 0.05) is 27.7 Å². The zero-order valence-corrected chi connectivity index (χ0v) is 8.76. The molecular formula is C12H20N2. The fourth-order valence-corrected chi connectivity index (χ4v) is 1.14. The fraction of sp³-hybridized carbons (Fsp3) is 0.500. The van der Waals surface area contributed by atoms with Gasteiger partial charge in [-0.15, -0.1) is 0 Å². The van der Waals surface area contributed by atoms with Crippen LogP contribution in [0.2, 0.25) is 0 Å². The van der Waals surface area contributed by atoms with Crippen molar-refractivity contribution in [2.24, 2.45) is 0 Å². The summed E-state index contributed by atoms with van der Waals surface area (Å²) in [6.45, 7) is 0.557. The standard InChI is InChI=1S/C12H20N2/c1-12(2,3)14(5)11-9-7-6-8-10(11)13-4/h6-9,13H,1-5H3/i4D3,5D3. The SMILES string of the molecule is [2H]C([2H])([2H])Nc1ccccc1N(C([2H])([2H])[2H])C(C)(C)C. The van der Waals surface area contributed by atoms with Crippen LogP contribution < -0.4 is 10.2 Å². The normalized spacial score (nSPS) is 19.4. The van der Waals surface area contributed by atoms with E-state index >= 15 is 0 Å². The molecule has 2 heteroatoms. The van der Waals surface area contributed by atoms with E-state index in [2.05, 4.69) is 5.32 Å². The maximum Gasteiger partial charge on any atom is 0.0603 e.